The average Bonchev–Trinajstić information content (AvgIpc) is 3.01. The number of carbonyl (C=O) groups is 3. The van der Waals surface area contributed by atoms with Crippen molar-refractivity contribution in [2.24, 2.45) is 0 Å². The minimum Gasteiger partial charge on any atom is -0.497 e. The molecule has 0 aromatic heterocycles. The number of aryl methyl sites for hydroxylation is 1. The van der Waals surface area contributed by atoms with E-state index in [4.69, 9.17) is 9.47 Å². The number of hydrogen-bond donors (Lipinski definition) is 2. The van der Waals surface area contributed by atoms with Crippen LogP contribution in [0.1, 0.15) is 18.1 Å². The number of methoxy groups -OCH3 is 2. The number of urea groups is 1. The average molecular weight is 409 g/mol. The van der Waals surface area contributed by atoms with E-state index in [9.17, 15) is 14.4 Å². The molecule has 0 aliphatic carbocycles. The topological polar surface area (TPSA) is 97.0 Å². The number of rotatable bonds is 7. The van der Waals surface area contributed by atoms with Crippen molar-refractivity contribution in [2.45, 2.75) is 13.3 Å². The standard InChI is InChI=1S/C22H23N3O5/c1-4-14-7-5-6-8-17(14)23-20(26)13-25-21(27)18(24-22(25)28)12-15-11-16(29-2)9-10-19(15)30-3/h5-12H,4,13H2,1-3H3,(H,23,26)(H,24,28)/b18-12+. The van der Waals surface area contributed by atoms with Gasteiger partial charge in [-0.25, -0.2) is 9.69 Å². The molecule has 1 aliphatic heterocycles. The quantitative estimate of drug-likeness (QED) is 0.541. The molecule has 0 atom stereocenters. The zero-order valence-corrected chi connectivity index (χ0v) is 17.0. The van der Waals surface area contributed by atoms with Gasteiger partial charge in [0.25, 0.3) is 5.91 Å². The van der Waals surface area contributed by atoms with Crippen molar-refractivity contribution < 1.29 is 23.9 Å². The van der Waals surface area contributed by atoms with Gasteiger partial charge in [-0.1, -0.05) is 25.1 Å². The second kappa shape index (κ2) is 9.13. The summed E-state index contributed by atoms with van der Waals surface area (Å²) in [6, 6.07) is 11.8. The number of hydrogen-bond acceptors (Lipinski definition) is 5. The van der Waals surface area contributed by atoms with E-state index in [0.717, 1.165) is 16.9 Å². The Labute approximate surface area is 174 Å². The Hall–Kier alpha value is -3.81. The summed E-state index contributed by atoms with van der Waals surface area (Å²) in [5.41, 5.74) is 2.24. The van der Waals surface area contributed by atoms with E-state index in [1.165, 1.54) is 20.3 Å². The molecule has 8 nitrogen and oxygen atoms in total. The van der Waals surface area contributed by atoms with E-state index in [0.29, 0.717) is 22.7 Å². The third kappa shape index (κ3) is 4.43. The van der Waals surface area contributed by atoms with Gasteiger partial charge in [-0.3, -0.25) is 9.59 Å². The minimum atomic E-state index is -0.660. The van der Waals surface area contributed by atoms with Gasteiger partial charge in [-0.05, 0) is 42.3 Å². The second-order valence-corrected chi connectivity index (χ2v) is 6.55. The van der Waals surface area contributed by atoms with Crippen LogP contribution in [0.15, 0.2) is 48.2 Å². The van der Waals surface area contributed by atoms with Crippen LogP contribution in [-0.4, -0.2) is 43.5 Å². The van der Waals surface area contributed by atoms with Crippen molar-refractivity contribution >= 4 is 29.6 Å². The fourth-order valence-corrected chi connectivity index (χ4v) is 3.11. The fraction of sp³-hybridized carbons (Fsp3) is 0.227. The Morgan fingerprint density at radius 3 is 2.60 bits per heavy atom. The van der Waals surface area contributed by atoms with Gasteiger partial charge in [0, 0.05) is 11.3 Å². The third-order valence-corrected chi connectivity index (χ3v) is 4.67. The molecule has 2 aromatic rings. The molecular weight excluding hydrogens is 386 g/mol. The summed E-state index contributed by atoms with van der Waals surface area (Å²) in [5.74, 6) is 0.0337. The van der Waals surface area contributed by atoms with Gasteiger partial charge in [0.15, 0.2) is 0 Å². The highest BCUT2D eigenvalue weighted by molar-refractivity contribution is 6.16. The fourth-order valence-electron chi connectivity index (χ4n) is 3.11. The van der Waals surface area contributed by atoms with Gasteiger partial charge in [-0.15, -0.1) is 0 Å². The van der Waals surface area contributed by atoms with Crippen LogP contribution in [0.25, 0.3) is 6.08 Å². The monoisotopic (exact) mass is 409 g/mol. The molecule has 0 spiro atoms. The maximum atomic E-state index is 12.7. The van der Waals surface area contributed by atoms with E-state index >= 15 is 0 Å². The van der Waals surface area contributed by atoms with Gasteiger partial charge in [0.05, 0.1) is 14.2 Å². The molecule has 3 rings (SSSR count). The summed E-state index contributed by atoms with van der Waals surface area (Å²) in [6.45, 7) is 1.58. The predicted octanol–water partition coefficient (Wildman–Crippen LogP) is 2.80. The number of imide groups is 1. The smallest absolute Gasteiger partial charge is 0.329 e. The Bertz CT molecular complexity index is 1020. The van der Waals surface area contributed by atoms with Crippen LogP contribution in [0.2, 0.25) is 0 Å². The lowest BCUT2D eigenvalue weighted by atomic mass is 10.1. The molecule has 4 amide bonds. The number of carbonyl (C=O) groups excluding carboxylic acids is 3. The van der Waals surface area contributed by atoms with Crippen molar-refractivity contribution in [3.63, 3.8) is 0 Å². The third-order valence-electron chi connectivity index (χ3n) is 4.67. The number of amides is 4. The Morgan fingerprint density at radius 2 is 1.90 bits per heavy atom. The first kappa shape index (κ1) is 20.9. The van der Waals surface area contributed by atoms with E-state index < -0.39 is 24.4 Å². The largest absolute Gasteiger partial charge is 0.497 e. The molecule has 0 radical (unpaired) electrons. The van der Waals surface area contributed by atoms with E-state index in [2.05, 4.69) is 10.6 Å². The van der Waals surface area contributed by atoms with Crippen molar-refractivity contribution in [1.29, 1.82) is 0 Å². The predicted molar refractivity (Wildman–Crippen MR) is 112 cm³/mol. The highest BCUT2D eigenvalue weighted by atomic mass is 16.5. The Kier molecular flexibility index (Phi) is 6.36. The zero-order chi connectivity index (χ0) is 21.7. The number of nitrogens with one attached hydrogen (secondary N) is 2. The molecule has 8 heteroatoms. The number of benzene rings is 2. The van der Waals surface area contributed by atoms with Crippen LogP contribution in [-0.2, 0) is 16.0 Å². The minimum absolute atomic E-state index is 0.0494. The first-order chi connectivity index (χ1) is 14.5. The maximum Gasteiger partial charge on any atom is 0.329 e. The molecule has 1 saturated heterocycles. The molecule has 0 bridgehead atoms. The molecule has 30 heavy (non-hydrogen) atoms. The van der Waals surface area contributed by atoms with E-state index in [1.807, 2.05) is 25.1 Å². The molecule has 2 N–H and O–H groups in total. The number of anilines is 1. The number of nitrogens with zero attached hydrogens (tertiary/aromatic N) is 1. The summed E-state index contributed by atoms with van der Waals surface area (Å²) in [5, 5.41) is 5.26. The van der Waals surface area contributed by atoms with E-state index in [1.54, 1.807) is 24.3 Å². The highest BCUT2D eigenvalue weighted by Crippen LogP contribution is 2.27. The molecule has 1 aliphatic rings. The van der Waals surface area contributed by atoms with Crippen LogP contribution >= 0.6 is 0 Å². The van der Waals surface area contributed by atoms with E-state index in [-0.39, 0.29) is 5.70 Å². The molecule has 2 aromatic carbocycles. The van der Waals surface area contributed by atoms with Crippen LogP contribution in [0, 0.1) is 0 Å². The first-order valence-corrected chi connectivity index (χ1v) is 9.41. The van der Waals surface area contributed by atoms with Crippen LogP contribution in [0.4, 0.5) is 10.5 Å². The Balaban J connectivity index is 1.76. The van der Waals surface area contributed by atoms with Crippen molar-refractivity contribution in [3.05, 3.63) is 59.3 Å². The first-order valence-electron chi connectivity index (χ1n) is 9.41. The van der Waals surface area contributed by atoms with Gasteiger partial charge < -0.3 is 20.1 Å². The molecule has 0 saturated carbocycles. The van der Waals surface area contributed by atoms with Gasteiger partial charge in [0.2, 0.25) is 5.91 Å². The molecule has 1 fully saturated rings. The van der Waals surface area contributed by atoms with Crippen LogP contribution in [0.3, 0.4) is 0 Å². The summed E-state index contributed by atoms with van der Waals surface area (Å²) in [6.07, 6.45) is 2.24. The van der Waals surface area contributed by atoms with Crippen LogP contribution in [0.5, 0.6) is 11.5 Å². The zero-order valence-electron chi connectivity index (χ0n) is 17.0. The summed E-state index contributed by atoms with van der Waals surface area (Å²) in [4.78, 5) is 38.3. The molecular formula is C22H23N3O5. The van der Waals surface area contributed by atoms with Crippen molar-refractivity contribution in [3.8, 4) is 11.5 Å². The van der Waals surface area contributed by atoms with Crippen LogP contribution < -0.4 is 20.1 Å². The molecule has 156 valence electrons. The van der Waals surface area contributed by atoms with Gasteiger partial charge in [0.1, 0.15) is 23.7 Å². The van der Waals surface area contributed by atoms with Gasteiger partial charge in [-0.2, -0.15) is 0 Å². The SMILES string of the molecule is CCc1ccccc1NC(=O)CN1C(=O)N/C(=C/c2cc(OC)ccc2OC)C1=O. The molecule has 1 heterocycles. The second-order valence-electron chi connectivity index (χ2n) is 6.55. The number of para-hydroxylation sites is 1. The highest BCUT2D eigenvalue weighted by Gasteiger charge is 2.35. The summed E-state index contributed by atoms with van der Waals surface area (Å²) >= 11 is 0. The lowest BCUT2D eigenvalue weighted by Gasteiger charge is -2.13. The Morgan fingerprint density at radius 1 is 1.13 bits per heavy atom. The number of ether oxygens (including phenoxy) is 2. The summed E-state index contributed by atoms with van der Waals surface area (Å²) in [7, 11) is 3.03. The van der Waals surface area contributed by atoms with Crippen molar-refractivity contribution in [1.82, 2.24) is 10.2 Å². The molecule has 0 unspecified atom stereocenters. The maximum absolute atomic E-state index is 12.7. The lowest BCUT2D eigenvalue weighted by Crippen LogP contribution is -2.38. The normalized spacial score (nSPS) is 14.6. The summed E-state index contributed by atoms with van der Waals surface area (Å²) < 4.78 is 10.5. The lowest BCUT2D eigenvalue weighted by molar-refractivity contribution is -0.127. The van der Waals surface area contributed by atoms with Crippen molar-refractivity contribution in [2.75, 3.05) is 26.1 Å². The van der Waals surface area contributed by atoms with Gasteiger partial charge >= 0.3 is 6.03 Å².